The molecule has 0 spiro atoms. The molecule has 1 aliphatic heterocycles. The van der Waals surface area contributed by atoms with Gasteiger partial charge in [-0.1, -0.05) is 5.92 Å². The molecule has 1 aromatic heterocycles. The number of H-pyrrole nitrogens is 1. The van der Waals surface area contributed by atoms with Gasteiger partial charge in [0.25, 0.3) is 5.56 Å². The van der Waals surface area contributed by atoms with Crippen LogP contribution in [0.15, 0.2) is 11.0 Å². The number of aromatic amines is 1. The number of aliphatic hydroxyl groups excluding tert-OH is 1. The monoisotopic (exact) mass is 542 g/mol. The Balaban J connectivity index is 2.23. The average molecular weight is 542 g/mol. The van der Waals surface area contributed by atoms with Crippen LogP contribution in [0.3, 0.4) is 0 Å². The number of aromatic nitrogens is 2. The van der Waals surface area contributed by atoms with Gasteiger partial charge in [0.15, 0.2) is 16.6 Å². The van der Waals surface area contributed by atoms with Crippen LogP contribution in [0.25, 0.3) is 0 Å². The summed E-state index contributed by atoms with van der Waals surface area (Å²) in [6, 6.07) is 0. The zero-order valence-electron chi connectivity index (χ0n) is 15.1. The Bertz CT molecular complexity index is 1190. The molecule has 0 saturated carbocycles. The molecule has 6 atom stereocenters. The van der Waals surface area contributed by atoms with Crippen LogP contribution in [0.1, 0.15) is 6.23 Å². The first kappa shape index (κ1) is 27.1. The highest BCUT2D eigenvalue weighted by Crippen LogP contribution is 2.66. The minimum absolute atomic E-state index is 0.490. The maximum Gasteiger partial charge on any atom is 0.490 e. The predicted molar refractivity (Wildman–Crippen MR) is 99.4 cm³/mol. The number of ether oxygens (including phenoxy) is 1. The Morgan fingerprint density at radius 1 is 1.28 bits per heavy atom. The van der Waals surface area contributed by atoms with Crippen molar-refractivity contribution in [2.75, 3.05) is 6.61 Å². The molecule has 1 aromatic rings. The molecule has 2 heterocycles. The Morgan fingerprint density at radius 3 is 2.41 bits per heavy atom. The summed E-state index contributed by atoms with van der Waals surface area (Å²) in [7, 11) is -17.0. The third kappa shape index (κ3) is 6.26. The SMILES string of the molecule is C#CC1(O)[C@@H](O)[C@@H](COP(=O)(O)OP(=O)(O)OP(=O)(O)O)O[C@H]1n1cc(F)c(=O)[nH]c1=S. The number of phosphoric acid groups is 3. The summed E-state index contributed by atoms with van der Waals surface area (Å²) in [4.78, 5) is 48.7. The number of halogens is 1. The van der Waals surface area contributed by atoms with Crippen molar-refractivity contribution in [1.82, 2.24) is 9.55 Å². The number of rotatable bonds is 8. The van der Waals surface area contributed by atoms with Gasteiger partial charge in [0.2, 0.25) is 5.82 Å². The van der Waals surface area contributed by atoms with Crippen molar-refractivity contribution >= 4 is 35.7 Å². The molecule has 1 saturated heterocycles. The Morgan fingerprint density at radius 2 is 1.88 bits per heavy atom. The van der Waals surface area contributed by atoms with Crippen LogP contribution in [0, 0.1) is 22.9 Å². The number of nitrogens with one attached hydrogen (secondary N) is 1. The lowest BCUT2D eigenvalue weighted by Crippen LogP contribution is -2.46. The van der Waals surface area contributed by atoms with Gasteiger partial charge in [-0.15, -0.1) is 6.42 Å². The van der Waals surface area contributed by atoms with Gasteiger partial charge >= 0.3 is 23.5 Å². The summed E-state index contributed by atoms with van der Waals surface area (Å²) in [5.74, 6) is 0.413. The van der Waals surface area contributed by atoms with Crippen molar-refractivity contribution in [3.8, 4) is 12.3 Å². The highest BCUT2D eigenvalue weighted by atomic mass is 32.1. The van der Waals surface area contributed by atoms with Gasteiger partial charge in [-0.3, -0.25) is 18.9 Å². The number of hydrogen-bond acceptors (Lipinski definition) is 11. The van der Waals surface area contributed by atoms with Crippen LogP contribution >= 0.6 is 35.7 Å². The molecule has 16 nitrogen and oxygen atoms in total. The van der Waals surface area contributed by atoms with Crippen molar-refractivity contribution in [2.24, 2.45) is 0 Å². The van der Waals surface area contributed by atoms with E-state index >= 15 is 0 Å². The van der Waals surface area contributed by atoms with Gasteiger partial charge in [0.1, 0.15) is 12.2 Å². The standard InChI is InChI=1S/C11H14FN2O14P3S/c1-2-11(17)7(15)6(26-9(11)14-3-5(12)8(16)13-10(14)32)4-25-30(21,22)28-31(23,24)27-29(18,19)20/h1,3,6-7,9,15,17H,4H2,(H,21,22)(H,23,24)(H,13,16,32)(H2,18,19,20)/t6-,7+,9-,11?/m1/s1. The van der Waals surface area contributed by atoms with Crippen LogP contribution in [0.2, 0.25) is 0 Å². The molecule has 0 bridgehead atoms. The van der Waals surface area contributed by atoms with Crippen molar-refractivity contribution < 1.29 is 65.8 Å². The van der Waals surface area contributed by atoms with Gasteiger partial charge < -0.3 is 34.5 Å². The maximum atomic E-state index is 13.7. The number of aliphatic hydroxyl groups is 2. The molecule has 3 unspecified atom stereocenters. The molecular weight excluding hydrogens is 528 g/mol. The van der Waals surface area contributed by atoms with Gasteiger partial charge in [0, 0.05) is 0 Å². The van der Waals surface area contributed by atoms with E-state index in [-0.39, 0.29) is 0 Å². The zero-order chi connectivity index (χ0) is 24.7. The van der Waals surface area contributed by atoms with Crippen LogP contribution in [0.4, 0.5) is 4.39 Å². The summed E-state index contributed by atoms with van der Waals surface area (Å²) < 4.78 is 64.1. The number of terminal acetylenes is 1. The smallest absolute Gasteiger partial charge is 0.386 e. The van der Waals surface area contributed by atoms with Gasteiger partial charge in [-0.2, -0.15) is 13.0 Å². The first-order valence-corrected chi connectivity index (χ1v) is 12.7. The Labute approximate surface area is 181 Å². The lowest BCUT2D eigenvalue weighted by molar-refractivity contribution is -0.0755. The lowest BCUT2D eigenvalue weighted by atomic mass is 9.95. The van der Waals surface area contributed by atoms with E-state index in [4.69, 9.17) is 38.1 Å². The first-order chi connectivity index (χ1) is 14.4. The second kappa shape index (κ2) is 9.26. The quantitative estimate of drug-likeness (QED) is 0.118. The molecule has 0 aromatic carbocycles. The number of nitrogens with zero attached hydrogens (tertiary/aromatic N) is 1. The number of hydrogen-bond donors (Lipinski definition) is 7. The summed E-state index contributed by atoms with van der Waals surface area (Å²) in [5, 5.41) is 20.9. The van der Waals surface area contributed by atoms with Crippen molar-refractivity contribution in [3.63, 3.8) is 0 Å². The van der Waals surface area contributed by atoms with E-state index in [2.05, 4.69) is 13.1 Å². The summed E-state index contributed by atoms with van der Waals surface area (Å²) >= 11 is 4.82. The predicted octanol–water partition coefficient (Wildman–Crippen LogP) is -0.989. The topological polar surface area (TPSA) is 247 Å². The van der Waals surface area contributed by atoms with Crippen molar-refractivity contribution in [3.05, 3.63) is 27.1 Å². The molecule has 7 N–H and O–H groups in total. The van der Waals surface area contributed by atoms with Crippen LogP contribution < -0.4 is 5.56 Å². The minimum Gasteiger partial charge on any atom is -0.386 e. The van der Waals surface area contributed by atoms with Crippen molar-refractivity contribution in [2.45, 2.75) is 24.0 Å². The molecule has 1 fully saturated rings. The van der Waals surface area contributed by atoms with E-state index in [1.54, 1.807) is 5.92 Å². The summed E-state index contributed by atoms with van der Waals surface area (Å²) in [6.07, 6.45) is -0.00896. The molecule has 180 valence electrons. The zero-order valence-corrected chi connectivity index (χ0v) is 18.6. The summed E-state index contributed by atoms with van der Waals surface area (Å²) in [6.45, 7) is -1.18. The van der Waals surface area contributed by atoms with Crippen LogP contribution in [0.5, 0.6) is 0 Å². The fourth-order valence-corrected chi connectivity index (χ4v) is 5.71. The van der Waals surface area contributed by atoms with Gasteiger partial charge in [0.05, 0.1) is 12.8 Å². The highest BCUT2D eigenvalue weighted by Gasteiger charge is 2.56. The summed E-state index contributed by atoms with van der Waals surface area (Å²) in [5.41, 5.74) is -3.86. The average Bonchev–Trinajstić information content (AvgIpc) is 2.85. The Hall–Kier alpha value is -1.12. The van der Waals surface area contributed by atoms with E-state index in [0.29, 0.717) is 10.8 Å². The van der Waals surface area contributed by atoms with Gasteiger partial charge in [-0.05, 0) is 12.2 Å². The van der Waals surface area contributed by atoms with E-state index in [1.165, 1.54) is 0 Å². The molecule has 0 aliphatic carbocycles. The highest BCUT2D eigenvalue weighted by molar-refractivity contribution is 7.71. The second-order valence-electron chi connectivity index (χ2n) is 5.97. The third-order valence-corrected chi connectivity index (χ3v) is 7.82. The number of phosphoric ester groups is 1. The third-order valence-electron chi connectivity index (χ3n) is 3.71. The molecule has 21 heteroatoms. The van der Waals surface area contributed by atoms with E-state index in [0.717, 1.165) is 0 Å². The fourth-order valence-electron chi connectivity index (χ4n) is 2.44. The largest absolute Gasteiger partial charge is 0.490 e. The van der Waals surface area contributed by atoms with Gasteiger partial charge in [-0.25, -0.2) is 13.7 Å². The minimum atomic E-state index is -5.80. The molecule has 0 radical (unpaired) electrons. The van der Waals surface area contributed by atoms with E-state index in [9.17, 15) is 38.0 Å². The van der Waals surface area contributed by atoms with E-state index < -0.39 is 70.3 Å². The van der Waals surface area contributed by atoms with Crippen LogP contribution in [-0.4, -0.2) is 63.8 Å². The van der Waals surface area contributed by atoms with E-state index in [1.807, 2.05) is 4.98 Å². The molecule has 0 amide bonds. The van der Waals surface area contributed by atoms with Crippen molar-refractivity contribution in [1.29, 1.82) is 0 Å². The second-order valence-corrected chi connectivity index (χ2v) is 10.8. The molecule has 2 rings (SSSR count). The Kier molecular flexibility index (Phi) is 7.85. The maximum absolute atomic E-state index is 13.7. The normalized spacial score (nSPS) is 29.8. The molecule has 32 heavy (non-hydrogen) atoms. The molecule has 1 aliphatic rings. The lowest BCUT2D eigenvalue weighted by Gasteiger charge is -2.26. The first-order valence-electron chi connectivity index (χ1n) is 7.74. The van der Waals surface area contributed by atoms with Crippen LogP contribution in [-0.2, 0) is 31.6 Å². The molecular formula is C11H14FN2O14P3S. The fraction of sp³-hybridized carbons (Fsp3) is 0.455.